The lowest BCUT2D eigenvalue weighted by Gasteiger charge is -2.11. The molecule has 182 valence electrons. The molecule has 1 aliphatic carbocycles. The summed E-state index contributed by atoms with van der Waals surface area (Å²) in [6, 6.07) is 14.4. The third-order valence-electron chi connectivity index (χ3n) is 6.29. The number of thioether (sulfide) groups is 1. The first kappa shape index (κ1) is 24.2. The van der Waals surface area contributed by atoms with E-state index in [1.807, 2.05) is 16.7 Å². The second-order valence-corrected chi connectivity index (χ2v) is 10.7. The monoisotopic (exact) mass is 514 g/mol. The van der Waals surface area contributed by atoms with E-state index < -0.39 is 0 Å². The van der Waals surface area contributed by atoms with Gasteiger partial charge >= 0.3 is 0 Å². The summed E-state index contributed by atoms with van der Waals surface area (Å²) in [5.41, 5.74) is 4.83. The molecule has 0 atom stereocenters. The molecule has 3 heterocycles. The number of hydrogen-bond acceptors (Lipinski definition) is 7. The quantitative estimate of drug-likeness (QED) is 0.246. The summed E-state index contributed by atoms with van der Waals surface area (Å²) in [6.45, 7) is 2.12. The fraction of sp³-hybridized carbons (Fsp3) is 0.296. The van der Waals surface area contributed by atoms with Crippen LogP contribution in [0.25, 0.3) is 17.1 Å². The standard InChI is InChI=1S/C27H26N6OS2/c1-2-18-8-10-20(11-9-18)33-25(19-12-14-29-15-13-19)31-32-27(33)35-17-24(34)30-26-22(16-28)21-6-4-3-5-7-23(21)36-26/h8-15H,2-7,17H2,1H3,(H,30,34). The molecule has 9 heteroatoms. The molecule has 0 saturated heterocycles. The van der Waals surface area contributed by atoms with Gasteiger partial charge < -0.3 is 5.32 Å². The number of nitrogens with one attached hydrogen (secondary N) is 1. The van der Waals surface area contributed by atoms with Crippen molar-refractivity contribution in [1.29, 1.82) is 5.26 Å². The van der Waals surface area contributed by atoms with E-state index in [9.17, 15) is 10.1 Å². The van der Waals surface area contributed by atoms with Crippen LogP contribution in [0.3, 0.4) is 0 Å². The Bertz CT molecular complexity index is 1400. The molecule has 0 aliphatic heterocycles. The Morgan fingerprint density at radius 1 is 1.11 bits per heavy atom. The van der Waals surface area contributed by atoms with Gasteiger partial charge in [-0.3, -0.25) is 14.3 Å². The third kappa shape index (κ3) is 5.06. The average Bonchev–Trinajstić information content (AvgIpc) is 3.40. The molecular weight excluding hydrogens is 488 g/mol. The van der Waals surface area contributed by atoms with Crippen molar-refractivity contribution in [2.24, 2.45) is 0 Å². The van der Waals surface area contributed by atoms with E-state index in [0.29, 0.717) is 21.5 Å². The summed E-state index contributed by atoms with van der Waals surface area (Å²) in [4.78, 5) is 18.3. The van der Waals surface area contributed by atoms with Gasteiger partial charge in [0.15, 0.2) is 11.0 Å². The molecule has 1 aromatic carbocycles. The number of fused-ring (bicyclic) bond motifs is 1. The van der Waals surface area contributed by atoms with Crippen LogP contribution in [0.15, 0.2) is 53.9 Å². The summed E-state index contributed by atoms with van der Waals surface area (Å²) in [5.74, 6) is 0.696. The zero-order valence-corrected chi connectivity index (χ0v) is 21.7. The molecular formula is C27H26N6OS2. The Morgan fingerprint density at radius 2 is 1.89 bits per heavy atom. The molecule has 36 heavy (non-hydrogen) atoms. The lowest BCUT2D eigenvalue weighted by molar-refractivity contribution is -0.113. The van der Waals surface area contributed by atoms with Gasteiger partial charge in [-0.05, 0) is 67.5 Å². The van der Waals surface area contributed by atoms with Crippen LogP contribution in [-0.4, -0.2) is 31.4 Å². The second-order valence-electron chi connectivity index (χ2n) is 8.61. The number of thiophene rings is 1. The van der Waals surface area contributed by atoms with E-state index in [4.69, 9.17) is 0 Å². The predicted molar refractivity (Wildman–Crippen MR) is 144 cm³/mol. The molecule has 3 aromatic heterocycles. The SMILES string of the molecule is CCc1ccc(-n2c(SCC(=O)Nc3sc4c(c3C#N)CCCCC4)nnc2-c2ccncc2)cc1. The van der Waals surface area contributed by atoms with E-state index in [0.717, 1.165) is 48.9 Å². The number of amides is 1. The second kappa shape index (κ2) is 11.1. The van der Waals surface area contributed by atoms with Crippen LogP contribution in [0.5, 0.6) is 0 Å². The van der Waals surface area contributed by atoms with Crippen LogP contribution in [0.1, 0.15) is 47.8 Å². The molecule has 0 fully saturated rings. The van der Waals surface area contributed by atoms with E-state index >= 15 is 0 Å². The molecule has 0 spiro atoms. The van der Waals surface area contributed by atoms with Crippen molar-refractivity contribution in [2.45, 2.75) is 50.6 Å². The van der Waals surface area contributed by atoms with Crippen molar-refractivity contribution in [1.82, 2.24) is 19.7 Å². The molecule has 4 aromatic rings. The highest BCUT2D eigenvalue weighted by Crippen LogP contribution is 2.37. The number of rotatable bonds is 7. The van der Waals surface area contributed by atoms with Gasteiger partial charge in [0.1, 0.15) is 11.1 Å². The van der Waals surface area contributed by atoms with Gasteiger partial charge in [0.25, 0.3) is 0 Å². The summed E-state index contributed by atoms with van der Waals surface area (Å²) >= 11 is 2.88. The largest absolute Gasteiger partial charge is 0.316 e. The summed E-state index contributed by atoms with van der Waals surface area (Å²) < 4.78 is 1.97. The third-order valence-corrected chi connectivity index (χ3v) is 8.43. The number of nitrogens with zero attached hydrogens (tertiary/aromatic N) is 5. The maximum Gasteiger partial charge on any atom is 0.235 e. The Kier molecular flexibility index (Phi) is 7.44. The van der Waals surface area contributed by atoms with Crippen molar-refractivity contribution in [3.8, 4) is 23.1 Å². The zero-order chi connectivity index (χ0) is 24.9. The molecule has 1 aliphatic rings. The first-order valence-corrected chi connectivity index (χ1v) is 13.9. The fourth-order valence-electron chi connectivity index (χ4n) is 4.41. The summed E-state index contributed by atoms with van der Waals surface area (Å²) in [6.07, 6.45) is 9.72. The lowest BCUT2D eigenvalue weighted by atomic mass is 10.1. The average molecular weight is 515 g/mol. The molecule has 1 N–H and O–H groups in total. The summed E-state index contributed by atoms with van der Waals surface area (Å²) in [5, 5.41) is 22.9. The number of nitriles is 1. The molecule has 5 rings (SSSR count). The van der Waals surface area contributed by atoms with E-state index in [1.165, 1.54) is 28.6 Å². The van der Waals surface area contributed by atoms with Crippen molar-refractivity contribution in [3.63, 3.8) is 0 Å². The highest BCUT2D eigenvalue weighted by atomic mass is 32.2. The molecule has 0 unspecified atom stereocenters. The van der Waals surface area contributed by atoms with Gasteiger partial charge in [-0.2, -0.15) is 5.26 Å². The Hall–Kier alpha value is -3.48. The van der Waals surface area contributed by atoms with Gasteiger partial charge in [-0.15, -0.1) is 21.5 Å². The van der Waals surface area contributed by atoms with E-state index in [1.54, 1.807) is 23.7 Å². The van der Waals surface area contributed by atoms with Crippen LogP contribution < -0.4 is 5.32 Å². The number of benzene rings is 1. The van der Waals surface area contributed by atoms with Crippen LogP contribution in [0.4, 0.5) is 5.00 Å². The minimum atomic E-state index is -0.158. The number of pyridine rings is 1. The van der Waals surface area contributed by atoms with Gasteiger partial charge in [0.05, 0.1) is 11.3 Å². The van der Waals surface area contributed by atoms with Crippen LogP contribution in [-0.2, 0) is 24.1 Å². The Balaban J connectivity index is 1.38. The minimum absolute atomic E-state index is 0.158. The fourth-order valence-corrected chi connectivity index (χ4v) is 6.41. The number of hydrogen-bond donors (Lipinski definition) is 1. The Labute approximate surface area is 218 Å². The summed E-state index contributed by atoms with van der Waals surface area (Å²) in [7, 11) is 0. The van der Waals surface area contributed by atoms with E-state index in [2.05, 4.69) is 57.8 Å². The zero-order valence-electron chi connectivity index (χ0n) is 20.0. The highest BCUT2D eigenvalue weighted by Gasteiger charge is 2.22. The smallest absolute Gasteiger partial charge is 0.235 e. The maximum atomic E-state index is 12.9. The molecule has 0 radical (unpaired) electrons. The van der Waals surface area contributed by atoms with Crippen LogP contribution in [0, 0.1) is 11.3 Å². The number of carbonyl (C=O) groups excluding carboxylic acids is 1. The first-order chi connectivity index (χ1) is 17.7. The molecule has 7 nitrogen and oxygen atoms in total. The lowest BCUT2D eigenvalue weighted by Crippen LogP contribution is -2.14. The number of anilines is 1. The molecule has 1 amide bonds. The molecule has 0 bridgehead atoms. The van der Waals surface area contributed by atoms with Gasteiger partial charge in [0, 0.05) is 28.5 Å². The first-order valence-electron chi connectivity index (χ1n) is 12.1. The van der Waals surface area contributed by atoms with Crippen molar-refractivity contribution < 1.29 is 4.79 Å². The van der Waals surface area contributed by atoms with Crippen molar-refractivity contribution in [3.05, 3.63) is 70.4 Å². The highest BCUT2D eigenvalue weighted by molar-refractivity contribution is 7.99. The normalized spacial score (nSPS) is 13.0. The van der Waals surface area contributed by atoms with E-state index in [-0.39, 0.29) is 11.7 Å². The van der Waals surface area contributed by atoms with Crippen molar-refractivity contribution in [2.75, 3.05) is 11.1 Å². The predicted octanol–water partition coefficient (Wildman–Crippen LogP) is 5.82. The van der Waals surface area contributed by atoms with Gasteiger partial charge in [0.2, 0.25) is 5.91 Å². The number of aromatic nitrogens is 4. The van der Waals surface area contributed by atoms with Crippen LogP contribution in [0.2, 0.25) is 0 Å². The number of carbonyl (C=O) groups is 1. The molecule has 0 saturated carbocycles. The Morgan fingerprint density at radius 3 is 2.64 bits per heavy atom. The van der Waals surface area contributed by atoms with Crippen LogP contribution >= 0.6 is 23.1 Å². The van der Waals surface area contributed by atoms with Gasteiger partial charge in [-0.25, -0.2) is 0 Å². The minimum Gasteiger partial charge on any atom is -0.316 e. The maximum absolute atomic E-state index is 12.9. The number of aryl methyl sites for hydroxylation is 2. The van der Waals surface area contributed by atoms with Gasteiger partial charge in [-0.1, -0.05) is 37.2 Å². The van der Waals surface area contributed by atoms with Crippen molar-refractivity contribution >= 4 is 34.0 Å². The topological polar surface area (TPSA) is 96.5 Å².